The largest absolute Gasteiger partial charge is 0.496 e. The summed E-state index contributed by atoms with van der Waals surface area (Å²) in [6.45, 7) is 4.82. The maximum atomic E-state index is 6.64. The minimum Gasteiger partial charge on any atom is -0.496 e. The van der Waals surface area contributed by atoms with E-state index in [1.807, 2.05) is 25.1 Å². The van der Waals surface area contributed by atoms with E-state index >= 15 is 0 Å². The number of aromatic nitrogens is 1. The Labute approximate surface area is 221 Å². The van der Waals surface area contributed by atoms with Crippen LogP contribution in [0.25, 0.3) is 11.3 Å². The van der Waals surface area contributed by atoms with Crippen molar-refractivity contribution < 1.29 is 14.2 Å². The van der Waals surface area contributed by atoms with E-state index in [0.717, 1.165) is 50.5 Å². The Morgan fingerprint density at radius 1 is 1.23 bits per heavy atom. The van der Waals surface area contributed by atoms with Gasteiger partial charge in [-0.1, -0.05) is 36.4 Å². The van der Waals surface area contributed by atoms with Gasteiger partial charge in [-0.2, -0.15) is 0 Å². The van der Waals surface area contributed by atoms with Crippen LogP contribution in [0, 0.1) is 32.1 Å². The number of benzene rings is 2. The third kappa shape index (κ3) is 5.18. The molecule has 0 saturated heterocycles. The summed E-state index contributed by atoms with van der Waals surface area (Å²) < 4.78 is 16.6. The summed E-state index contributed by atoms with van der Waals surface area (Å²) in [4.78, 5) is 8.42. The molecule has 2 heterocycles. The number of halogens is 2. The smallest absolute Gasteiger partial charge is 0.231 e. The van der Waals surface area contributed by atoms with Crippen LogP contribution < -0.4 is 19.1 Å². The molecule has 3 aromatic rings. The zero-order valence-electron chi connectivity index (χ0n) is 20.0. The highest BCUT2D eigenvalue weighted by Gasteiger charge is 2.32. The minimum absolute atomic E-state index is 0. The maximum Gasteiger partial charge on any atom is 0.231 e. The van der Waals surface area contributed by atoms with Gasteiger partial charge in [-0.15, -0.1) is 30.2 Å². The van der Waals surface area contributed by atoms with E-state index in [1.54, 1.807) is 18.4 Å². The van der Waals surface area contributed by atoms with Gasteiger partial charge in [-0.25, -0.2) is 4.98 Å². The average molecular weight is 532 g/mol. The second-order valence-corrected chi connectivity index (χ2v) is 10.4. The molecular weight excluding hydrogens is 503 g/mol. The van der Waals surface area contributed by atoms with Crippen molar-refractivity contribution in [3.8, 4) is 40.8 Å². The van der Waals surface area contributed by atoms with Crippen LogP contribution in [0.1, 0.15) is 41.3 Å². The van der Waals surface area contributed by atoms with E-state index in [2.05, 4.69) is 29.9 Å². The molecule has 35 heavy (non-hydrogen) atoms. The summed E-state index contributed by atoms with van der Waals surface area (Å²) >= 11 is 8.29. The van der Waals surface area contributed by atoms with Crippen LogP contribution in [0.4, 0.5) is 5.13 Å². The lowest BCUT2D eigenvalue weighted by atomic mass is 9.99. The Hall–Kier alpha value is -2.59. The number of hydrogen-bond acceptors (Lipinski definition) is 6. The Morgan fingerprint density at radius 2 is 2.00 bits per heavy atom. The number of methoxy groups -OCH3 is 1. The molecule has 5 rings (SSSR count). The Morgan fingerprint density at radius 3 is 2.71 bits per heavy atom. The molecule has 0 spiro atoms. The highest BCUT2D eigenvalue weighted by atomic mass is 35.5. The number of nitrogens with zero attached hydrogens (tertiary/aromatic N) is 2. The molecule has 1 aliphatic carbocycles. The number of terminal acetylenes is 1. The lowest BCUT2D eigenvalue weighted by Gasteiger charge is -2.31. The van der Waals surface area contributed by atoms with Crippen molar-refractivity contribution in [2.75, 3.05) is 25.3 Å². The lowest BCUT2D eigenvalue weighted by molar-refractivity contribution is 0.174. The standard InChI is InChI=1S/C27H27ClN2O3S.ClH/c1-5-10-30(22(12-18-6-7-18)19-8-9-23-25(13-19)33-15-32-23)27-29-26(17(3)34-27)20-11-16(2)24(31-4)14-21(20)28;/h1,8-9,11,13-14,18,22H,6-7,10,12,15H2,2-4H3;1H/t22-;/m0./s1. The van der Waals surface area contributed by atoms with Crippen molar-refractivity contribution in [3.05, 3.63) is 51.4 Å². The van der Waals surface area contributed by atoms with Gasteiger partial charge in [0.05, 0.1) is 30.4 Å². The zero-order chi connectivity index (χ0) is 23.8. The molecule has 2 aromatic carbocycles. The quantitative estimate of drug-likeness (QED) is 0.287. The lowest BCUT2D eigenvalue weighted by Crippen LogP contribution is -2.29. The molecule has 1 atom stereocenters. The normalized spacial score (nSPS) is 14.7. The number of rotatable bonds is 8. The Kier molecular flexibility index (Phi) is 7.70. The van der Waals surface area contributed by atoms with Gasteiger partial charge in [0.25, 0.3) is 0 Å². The fourth-order valence-electron chi connectivity index (χ4n) is 4.46. The molecule has 2 aliphatic rings. The summed E-state index contributed by atoms with van der Waals surface area (Å²) in [6.07, 6.45) is 9.40. The third-order valence-electron chi connectivity index (χ3n) is 6.44. The van der Waals surface area contributed by atoms with Crippen LogP contribution in [-0.4, -0.2) is 25.4 Å². The SMILES string of the molecule is C#CCN(c1nc(-c2cc(C)c(OC)cc2Cl)c(C)s1)[C@@H](CC1CC1)c1ccc2c(c1)OCO2.Cl. The molecule has 184 valence electrons. The predicted molar refractivity (Wildman–Crippen MR) is 145 cm³/mol. The highest BCUT2D eigenvalue weighted by Crippen LogP contribution is 2.46. The van der Waals surface area contributed by atoms with Crippen LogP contribution in [-0.2, 0) is 0 Å². The number of hydrogen-bond donors (Lipinski definition) is 0. The van der Waals surface area contributed by atoms with Gasteiger partial charge < -0.3 is 19.1 Å². The molecule has 5 nitrogen and oxygen atoms in total. The molecule has 0 radical (unpaired) electrons. The van der Waals surface area contributed by atoms with Crippen LogP contribution in [0.15, 0.2) is 30.3 Å². The first-order chi connectivity index (χ1) is 16.5. The van der Waals surface area contributed by atoms with Gasteiger partial charge in [0.2, 0.25) is 6.79 Å². The molecule has 1 saturated carbocycles. The molecule has 0 amide bonds. The van der Waals surface area contributed by atoms with E-state index in [0.29, 0.717) is 17.5 Å². The summed E-state index contributed by atoms with van der Waals surface area (Å²) in [5, 5.41) is 1.52. The van der Waals surface area contributed by atoms with E-state index < -0.39 is 0 Å². The average Bonchev–Trinajstić information content (AvgIpc) is 3.39. The molecule has 1 aromatic heterocycles. The number of aryl methyl sites for hydroxylation is 2. The van der Waals surface area contributed by atoms with E-state index in [-0.39, 0.29) is 25.2 Å². The van der Waals surface area contributed by atoms with E-state index in [9.17, 15) is 0 Å². The van der Waals surface area contributed by atoms with Gasteiger partial charge >= 0.3 is 0 Å². The molecule has 0 N–H and O–H groups in total. The number of fused-ring (bicyclic) bond motifs is 1. The van der Waals surface area contributed by atoms with Gasteiger partial charge in [-0.3, -0.25) is 0 Å². The predicted octanol–water partition coefficient (Wildman–Crippen LogP) is 7.22. The van der Waals surface area contributed by atoms with Crippen LogP contribution in [0.3, 0.4) is 0 Å². The Bertz CT molecular complexity index is 1270. The second kappa shape index (κ2) is 10.6. The molecule has 8 heteroatoms. The van der Waals surface area contributed by atoms with Crippen molar-refractivity contribution in [1.82, 2.24) is 4.98 Å². The van der Waals surface area contributed by atoms with Gasteiger partial charge in [-0.05, 0) is 61.6 Å². The minimum atomic E-state index is 0. The first kappa shape index (κ1) is 25.5. The van der Waals surface area contributed by atoms with Gasteiger partial charge in [0, 0.05) is 10.4 Å². The Balaban J connectivity index is 0.00000289. The second-order valence-electron chi connectivity index (χ2n) is 8.84. The molecule has 0 unspecified atom stereocenters. The highest BCUT2D eigenvalue weighted by molar-refractivity contribution is 7.16. The fraction of sp³-hybridized carbons (Fsp3) is 0.370. The van der Waals surface area contributed by atoms with Crippen molar-refractivity contribution >= 4 is 40.5 Å². The zero-order valence-corrected chi connectivity index (χ0v) is 22.4. The van der Waals surface area contributed by atoms with Gasteiger partial charge in [0.1, 0.15) is 5.75 Å². The summed E-state index contributed by atoms with van der Waals surface area (Å²) in [7, 11) is 1.65. The van der Waals surface area contributed by atoms with E-state index in [1.165, 1.54) is 18.4 Å². The maximum absolute atomic E-state index is 6.64. The van der Waals surface area contributed by atoms with Gasteiger partial charge in [0.15, 0.2) is 16.6 Å². The molecule has 1 aliphatic heterocycles. The van der Waals surface area contributed by atoms with Crippen molar-refractivity contribution in [1.29, 1.82) is 0 Å². The summed E-state index contributed by atoms with van der Waals surface area (Å²) in [5.41, 5.74) is 3.97. The molecule has 0 bridgehead atoms. The van der Waals surface area contributed by atoms with Crippen molar-refractivity contribution in [2.24, 2.45) is 5.92 Å². The van der Waals surface area contributed by atoms with E-state index in [4.69, 9.17) is 37.2 Å². The number of ether oxygens (including phenoxy) is 3. The van der Waals surface area contributed by atoms with Crippen molar-refractivity contribution in [2.45, 2.75) is 39.2 Å². The van der Waals surface area contributed by atoms with Crippen molar-refractivity contribution in [3.63, 3.8) is 0 Å². The monoisotopic (exact) mass is 530 g/mol. The summed E-state index contributed by atoms with van der Waals surface area (Å²) in [6, 6.07) is 10.2. The first-order valence-electron chi connectivity index (χ1n) is 11.4. The van der Waals surface area contributed by atoms with Crippen LogP contribution >= 0.6 is 35.3 Å². The number of thiazole rings is 1. The third-order valence-corrected chi connectivity index (χ3v) is 7.76. The topological polar surface area (TPSA) is 43.8 Å². The first-order valence-corrected chi connectivity index (χ1v) is 12.6. The number of anilines is 1. The van der Waals surface area contributed by atoms with Crippen LogP contribution in [0.5, 0.6) is 17.2 Å². The fourth-order valence-corrected chi connectivity index (χ4v) is 5.68. The van der Waals surface area contributed by atoms with Crippen LogP contribution in [0.2, 0.25) is 5.02 Å². The summed E-state index contributed by atoms with van der Waals surface area (Å²) in [5.74, 6) is 5.90. The molecular formula is C27H28Cl2N2O3S. The molecule has 1 fully saturated rings.